The third-order valence-electron chi connectivity index (χ3n) is 4.61. The van der Waals surface area contributed by atoms with Gasteiger partial charge in [0.15, 0.2) is 5.11 Å². The predicted molar refractivity (Wildman–Crippen MR) is 116 cm³/mol. The van der Waals surface area contributed by atoms with Gasteiger partial charge in [0.1, 0.15) is 5.75 Å². The molecule has 5 heteroatoms. The van der Waals surface area contributed by atoms with Gasteiger partial charge in [-0.1, -0.05) is 39.0 Å². The lowest BCUT2D eigenvalue weighted by molar-refractivity contribution is 0.0977. The van der Waals surface area contributed by atoms with Crippen molar-refractivity contribution >= 4 is 28.9 Å². The van der Waals surface area contributed by atoms with E-state index >= 15 is 0 Å². The molecule has 2 N–H and O–H groups in total. The van der Waals surface area contributed by atoms with Gasteiger partial charge in [-0.25, -0.2) is 0 Å². The van der Waals surface area contributed by atoms with Crippen LogP contribution < -0.4 is 15.4 Å². The highest BCUT2D eigenvalue weighted by Gasteiger charge is 2.12. The first-order valence-corrected chi connectivity index (χ1v) is 9.83. The summed E-state index contributed by atoms with van der Waals surface area (Å²) in [5, 5.41) is 6.17. The molecule has 0 aliphatic heterocycles. The van der Waals surface area contributed by atoms with Crippen LogP contribution in [-0.2, 0) is 0 Å². The Labute approximate surface area is 167 Å². The SMILES string of the molecule is CCC(C)Oc1ccc(C(=O)NC(=S)Nc2ccccc2C(C)CC)cc1. The Morgan fingerprint density at radius 2 is 1.70 bits per heavy atom. The first-order chi connectivity index (χ1) is 12.9. The van der Waals surface area contributed by atoms with Crippen molar-refractivity contribution < 1.29 is 9.53 Å². The molecule has 1 amide bonds. The zero-order valence-electron chi connectivity index (χ0n) is 16.4. The zero-order valence-corrected chi connectivity index (χ0v) is 17.2. The minimum atomic E-state index is -0.247. The minimum absolute atomic E-state index is 0.145. The van der Waals surface area contributed by atoms with Crippen LogP contribution in [0.15, 0.2) is 48.5 Å². The van der Waals surface area contributed by atoms with Gasteiger partial charge in [0.25, 0.3) is 5.91 Å². The second kappa shape index (κ2) is 10.1. The summed E-state index contributed by atoms with van der Waals surface area (Å²) in [6.45, 7) is 8.41. The number of para-hydroxylation sites is 1. The van der Waals surface area contributed by atoms with Gasteiger partial charge in [-0.15, -0.1) is 0 Å². The molecule has 0 bridgehead atoms. The van der Waals surface area contributed by atoms with E-state index in [9.17, 15) is 4.79 Å². The molecule has 0 radical (unpaired) electrons. The number of rotatable bonds is 7. The van der Waals surface area contributed by atoms with Gasteiger partial charge in [0, 0.05) is 11.3 Å². The fourth-order valence-corrected chi connectivity index (χ4v) is 2.79. The molecule has 0 aromatic heterocycles. The standard InChI is InChI=1S/C22H28N2O2S/c1-5-15(3)19-9-7-8-10-20(19)23-22(27)24-21(25)17-11-13-18(14-12-17)26-16(4)6-2/h7-16H,5-6H2,1-4H3,(H2,23,24,25,27). The third-order valence-corrected chi connectivity index (χ3v) is 4.81. The van der Waals surface area contributed by atoms with Crippen LogP contribution in [0.2, 0.25) is 0 Å². The summed E-state index contributed by atoms with van der Waals surface area (Å²) in [4.78, 5) is 12.4. The first kappa shape index (κ1) is 20.9. The molecule has 0 aliphatic rings. The lowest BCUT2D eigenvalue weighted by Crippen LogP contribution is -2.34. The molecule has 2 aromatic carbocycles. The van der Waals surface area contributed by atoms with Crippen molar-refractivity contribution in [2.24, 2.45) is 0 Å². The number of thiocarbonyl (C=S) groups is 1. The summed E-state index contributed by atoms with van der Waals surface area (Å²) in [6.07, 6.45) is 2.11. The highest BCUT2D eigenvalue weighted by molar-refractivity contribution is 7.80. The van der Waals surface area contributed by atoms with Gasteiger partial charge in [-0.2, -0.15) is 0 Å². The van der Waals surface area contributed by atoms with Crippen LogP contribution in [0.5, 0.6) is 5.75 Å². The van der Waals surface area contributed by atoms with E-state index in [-0.39, 0.29) is 17.1 Å². The fourth-order valence-electron chi connectivity index (χ4n) is 2.59. The van der Waals surface area contributed by atoms with Crippen LogP contribution in [0.25, 0.3) is 0 Å². The molecule has 2 rings (SSSR count). The van der Waals surface area contributed by atoms with Crippen molar-refractivity contribution in [2.45, 2.75) is 52.6 Å². The monoisotopic (exact) mass is 384 g/mol. The van der Waals surface area contributed by atoms with Gasteiger partial charge in [-0.3, -0.25) is 10.1 Å². The summed E-state index contributed by atoms with van der Waals surface area (Å²) >= 11 is 5.33. The Morgan fingerprint density at radius 3 is 2.33 bits per heavy atom. The van der Waals surface area contributed by atoms with E-state index in [2.05, 4.69) is 37.5 Å². The normalized spacial score (nSPS) is 12.7. The van der Waals surface area contributed by atoms with Gasteiger partial charge >= 0.3 is 0 Å². The topological polar surface area (TPSA) is 50.4 Å². The Hall–Kier alpha value is -2.40. The highest BCUT2D eigenvalue weighted by Crippen LogP contribution is 2.26. The third kappa shape index (κ3) is 6.07. The maximum absolute atomic E-state index is 12.4. The van der Waals surface area contributed by atoms with Crippen LogP contribution in [0.4, 0.5) is 5.69 Å². The predicted octanol–water partition coefficient (Wildman–Crippen LogP) is 5.50. The number of hydrogen-bond acceptors (Lipinski definition) is 3. The number of nitrogens with one attached hydrogen (secondary N) is 2. The summed E-state index contributed by atoms with van der Waals surface area (Å²) in [5.41, 5.74) is 2.64. The average molecular weight is 385 g/mol. The summed E-state index contributed by atoms with van der Waals surface area (Å²) in [6, 6.07) is 15.1. The number of carbonyl (C=O) groups is 1. The number of benzene rings is 2. The Morgan fingerprint density at radius 1 is 1.04 bits per heavy atom. The van der Waals surface area contributed by atoms with Crippen molar-refractivity contribution in [1.82, 2.24) is 5.32 Å². The molecule has 0 fully saturated rings. The average Bonchev–Trinajstić information content (AvgIpc) is 2.68. The molecule has 0 spiro atoms. The van der Waals surface area contributed by atoms with Gasteiger partial charge < -0.3 is 10.1 Å². The molecule has 144 valence electrons. The van der Waals surface area contributed by atoms with Gasteiger partial charge in [-0.05, 0) is 73.8 Å². The largest absolute Gasteiger partial charge is 0.491 e. The highest BCUT2D eigenvalue weighted by atomic mass is 32.1. The van der Waals surface area contributed by atoms with E-state index < -0.39 is 0 Å². The molecular formula is C22H28N2O2S. The van der Waals surface area contributed by atoms with Crippen molar-refractivity contribution in [3.8, 4) is 5.75 Å². The summed E-state index contributed by atoms with van der Waals surface area (Å²) < 4.78 is 5.73. The first-order valence-electron chi connectivity index (χ1n) is 9.42. The lowest BCUT2D eigenvalue weighted by atomic mass is 9.97. The molecule has 2 unspecified atom stereocenters. The molecule has 2 aromatic rings. The van der Waals surface area contributed by atoms with E-state index in [1.807, 2.05) is 25.1 Å². The Kier molecular flexibility index (Phi) is 7.80. The van der Waals surface area contributed by atoms with Crippen LogP contribution >= 0.6 is 12.2 Å². The number of hydrogen-bond donors (Lipinski definition) is 2. The molecule has 2 atom stereocenters. The molecule has 0 heterocycles. The van der Waals surface area contributed by atoms with Crippen molar-refractivity contribution in [2.75, 3.05) is 5.32 Å². The minimum Gasteiger partial charge on any atom is -0.491 e. The van der Waals surface area contributed by atoms with Crippen molar-refractivity contribution in [3.05, 3.63) is 59.7 Å². The lowest BCUT2D eigenvalue weighted by Gasteiger charge is -2.17. The summed E-state index contributed by atoms with van der Waals surface area (Å²) in [7, 11) is 0. The maximum atomic E-state index is 12.4. The number of ether oxygens (including phenoxy) is 1. The van der Waals surface area contributed by atoms with Crippen molar-refractivity contribution in [3.63, 3.8) is 0 Å². The molecule has 27 heavy (non-hydrogen) atoms. The number of amides is 1. The van der Waals surface area contributed by atoms with E-state index in [1.165, 1.54) is 5.56 Å². The van der Waals surface area contributed by atoms with Crippen LogP contribution in [-0.4, -0.2) is 17.1 Å². The van der Waals surface area contributed by atoms with Crippen LogP contribution in [0.1, 0.15) is 62.4 Å². The van der Waals surface area contributed by atoms with Crippen LogP contribution in [0.3, 0.4) is 0 Å². The second-order valence-electron chi connectivity index (χ2n) is 6.67. The Balaban J connectivity index is 1.99. The number of carbonyl (C=O) groups excluding carboxylic acids is 1. The smallest absolute Gasteiger partial charge is 0.257 e. The van der Waals surface area contributed by atoms with Crippen molar-refractivity contribution in [1.29, 1.82) is 0 Å². The van der Waals surface area contributed by atoms with E-state index in [0.717, 1.165) is 24.3 Å². The van der Waals surface area contributed by atoms with E-state index in [1.54, 1.807) is 24.3 Å². The van der Waals surface area contributed by atoms with Gasteiger partial charge in [0.2, 0.25) is 0 Å². The van der Waals surface area contributed by atoms with E-state index in [4.69, 9.17) is 17.0 Å². The van der Waals surface area contributed by atoms with Gasteiger partial charge in [0.05, 0.1) is 6.10 Å². The quantitative estimate of drug-likeness (QED) is 0.619. The fraction of sp³-hybridized carbons (Fsp3) is 0.364. The number of anilines is 1. The Bertz CT molecular complexity index is 774. The van der Waals surface area contributed by atoms with Crippen LogP contribution in [0, 0.1) is 0 Å². The molecule has 0 saturated carbocycles. The zero-order chi connectivity index (χ0) is 19.8. The molecular weight excluding hydrogens is 356 g/mol. The molecule has 4 nitrogen and oxygen atoms in total. The molecule has 0 aliphatic carbocycles. The van der Waals surface area contributed by atoms with E-state index in [0.29, 0.717) is 11.5 Å². The maximum Gasteiger partial charge on any atom is 0.257 e. The second-order valence-corrected chi connectivity index (χ2v) is 7.07. The summed E-state index contributed by atoms with van der Waals surface area (Å²) in [5.74, 6) is 0.915. The molecule has 0 saturated heterocycles.